The molecule has 19 heavy (non-hydrogen) atoms. The molecule has 3 heteroatoms. The fourth-order valence-corrected chi connectivity index (χ4v) is 3.32. The first kappa shape index (κ1) is 12.9. The molecule has 0 spiro atoms. The minimum atomic E-state index is 0.356. The van der Waals surface area contributed by atoms with Crippen LogP contribution < -0.4 is 11.1 Å². The summed E-state index contributed by atoms with van der Waals surface area (Å²) in [6.07, 6.45) is 6.70. The second-order valence-corrected chi connectivity index (χ2v) is 6.09. The number of nitrogens with two attached hydrogens (primary N) is 1. The van der Waals surface area contributed by atoms with E-state index in [9.17, 15) is 0 Å². The van der Waals surface area contributed by atoms with Crippen molar-refractivity contribution >= 4 is 5.69 Å². The van der Waals surface area contributed by atoms with Gasteiger partial charge in [-0.1, -0.05) is 12.1 Å². The van der Waals surface area contributed by atoms with E-state index in [1.807, 2.05) is 19.2 Å². The number of ether oxygens (including phenoxy) is 1. The molecule has 3 nitrogen and oxygen atoms in total. The lowest BCUT2D eigenvalue weighted by atomic mass is 9.95. The van der Waals surface area contributed by atoms with Crippen molar-refractivity contribution < 1.29 is 4.74 Å². The van der Waals surface area contributed by atoms with Crippen LogP contribution >= 0.6 is 0 Å². The van der Waals surface area contributed by atoms with Crippen LogP contribution in [-0.4, -0.2) is 25.8 Å². The third kappa shape index (κ3) is 2.63. The smallest absolute Gasteiger partial charge is 0.0724 e. The summed E-state index contributed by atoms with van der Waals surface area (Å²) in [5.41, 5.74) is 8.41. The van der Waals surface area contributed by atoms with Crippen LogP contribution in [0, 0.1) is 0 Å². The van der Waals surface area contributed by atoms with Crippen molar-refractivity contribution in [1.82, 2.24) is 5.32 Å². The lowest BCUT2D eigenvalue weighted by molar-refractivity contribution is 0.0845. The van der Waals surface area contributed by atoms with Gasteiger partial charge in [-0.3, -0.25) is 0 Å². The maximum atomic E-state index is 5.77. The van der Waals surface area contributed by atoms with Gasteiger partial charge in [0.1, 0.15) is 0 Å². The molecule has 0 bridgehead atoms. The molecule has 0 aliphatic heterocycles. The van der Waals surface area contributed by atoms with E-state index in [2.05, 4.69) is 17.4 Å². The summed E-state index contributed by atoms with van der Waals surface area (Å²) in [5.74, 6) is 0. The summed E-state index contributed by atoms with van der Waals surface area (Å²) < 4.78 is 5.55. The van der Waals surface area contributed by atoms with E-state index in [4.69, 9.17) is 10.5 Å². The first-order valence-electron chi connectivity index (χ1n) is 7.36. The molecule has 3 rings (SSSR count). The molecule has 0 saturated heterocycles. The van der Waals surface area contributed by atoms with Gasteiger partial charge in [-0.2, -0.15) is 0 Å². The Morgan fingerprint density at radius 2 is 2.00 bits per heavy atom. The zero-order valence-electron chi connectivity index (χ0n) is 11.7. The van der Waals surface area contributed by atoms with Crippen LogP contribution in [0.15, 0.2) is 24.3 Å². The Kier molecular flexibility index (Phi) is 3.50. The molecule has 2 fully saturated rings. The van der Waals surface area contributed by atoms with Crippen molar-refractivity contribution in [3.8, 4) is 0 Å². The summed E-state index contributed by atoms with van der Waals surface area (Å²) in [4.78, 5) is 0. The largest absolute Gasteiger partial charge is 0.399 e. The third-order valence-electron chi connectivity index (χ3n) is 4.83. The van der Waals surface area contributed by atoms with Gasteiger partial charge in [0, 0.05) is 30.8 Å². The van der Waals surface area contributed by atoms with E-state index < -0.39 is 0 Å². The summed E-state index contributed by atoms with van der Waals surface area (Å²) in [6.45, 7) is 1.07. The van der Waals surface area contributed by atoms with Gasteiger partial charge in [0.15, 0.2) is 0 Å². The number of hydrogen-bond donors (Lipinski definition) is 2. The number of hydrogen-bond acceptors (Lipinski definition) is 3. The number of nitrogen functional groups attached to an aromatic ring is 1. The number of benzene rings is 1. The molecule has 0 heterocycles. The average molecular weight is 260 g/mol. The summed E-state index contributed by atoms with van der Waals surface area (Å²) in [5, 5.41) is 3.74. The SMILES string of the molecule is COC1CCCC1NCC1(c2ccc(N)cc2)CC1. The fraction of sp³-hybridized carbons (Fsp3) is 0.625. The molecule has 1 aromatic rings. The van der Waals surface area contributed by atoms with Crippen molar-refractivity contribution in [1.29, 1.82) is 0 Å². The highest BCUT2D eigenvalue weighted by atomic mass is 16.5. The van der Waals surface area contributed by atoms with Crippen LogP contribution in [0.3, 0.4) is 0 Å². The van der Waals surface area contributed by atoms with E-state index in [0.717, 1.165) is 12.2 Å². The Balaban J connectivity index is 1.61. The van der Waals surface area contributed by atoms with Crippen LogP contribution in [0.2, 0.25) is 0 Å². The molecular formula is C16H24N2O. The molecule has 2 saturated carbocycles. The molecule has 0 radical (unpaired) electrons. The Labute approximate surface area is 115 Å². The predicted molar refractivity (Wildman–Crippen MR) is 78.2 cm³/mol. The molecule has 1 aromatic carbocycles. The summed E-state index contributed by atoms with van der Waals surface area (Å²) >= 11 is 0. The average Bonchev–Trinajstić information content (AvgIpc) is 3.08. The van der Waals surface area contributed by atoms with E-state index in [1.54, 1.807) is 0 Å². The van der Waals surface area contributed by atoms with E-state index >= 15 is 0 Å². The van der Waals surface area contributed by atoms with Crippen LogP contribution in [-0.2, 0) is 10.2 Å². The maximum absolute atomic E-state index is 5.77. The quantitative estimate of drug-likeness (QED) is 0.800. The number of anilines is 1. The maximum Gasteiger partial charge on any atom is 0.0724 e. The van der Waals surface area contributed by atoms with Gasteiger partial charge in [0.25, 0.3) is 0 Å². The normalized spacial score (nSPS) is 28.5. The molecule has 2 unspecified atom stereocenters. The van der Waals surface area contributed by atoms with Crippen molar-refractivity contribution in [3.05, 3.63) is 29.8 Å². The first-order valence-corrected chi connectivity index (χ1v) is 7.36. The van der Waals surface area contributed by atoms with E-state index in [-0.39, 0.29) is 0 Å². The zero-order valence-corrected chi connectivity index (χ0v) is 11.7. The molecule has 3 N–H and O–H groups in total. The van der Waals surface area contributed by atoms with Gasteiger partial charge in [-0.05, 0) is 49.8 Å². The van der Waals surface area contributed by atoms with Crippen LogP contribution in [0.1, 0.15) is 37.7 Å². The molecule has 2 aliphatic carbocycles. The molecule has 2 atom stereocenters. The minimum Gasteiger partial charge on any atom is -0.399 e. The molecular weight excluding hydrogens is 236 g/mol. The second kappa shape index (κ2) is 5.14. The molecule has 0 amide bonds. The van der Waals surface area contributed by atoms with Crippen molar-refractivity contribution in [2.45, 2.75) is 49.7 Å². The Hall–Kier alpha value is -1.06. The summed E-state index contributed by atoms with van der Waals surface area (Å²) in [7, 11) is 1.83. The molecule has 2 aliphatic rings. The zero-order chi connectivity index (χ0) is 13.3. The van der Waals surface area contributed by atoms with Crippen LogP contribution in [0.5, 0.6) is 0 Å². The van der Waals surface area contributed by atoms with Gasteiger partial charge >= 0.3 is 0 Å². The highest BCUT2D eigenvalue weighted by molar-refractivity contribution is 5.43. The summed E-state index contributed by atoms with van der Waals surface area (Å²) in [6, 6.07) is 8.95. The Morgan fingerprint density at radius 3 is 2.63 bits per heavy atom. The van der Waals surface area contributed by atoms with Gasteiger partial charge in [0.05, 0.1) is 6.10 Å². The number of rotatable bonds is 5. The van der Waals surface area contributed by atoms with Crippen molar-refractivity contribution in [2.24, 2.45) is 0 Å². The number of methoxy groups -OCH3 is 1. The standard InChI is InChI=1S/C16H24N2O/c1-19-15-4-2-3-14(15)18-11-16(9-10-16)12-5-7-13(17)8-6-12/h5-8,14-15,18H,2-4,9-11,17H2,1H3. The van der Waals surface area contributed by atoms with Gasteiger partial charge in [-0.25, -0.2) is 0 Å². The van der Waals surface area contributed by atoms with Crippen molar-refractivity contribution in [2.75, 3.05) is 19.4 Å². The van der Waals surface area contributed by atoms with Crippen LogP contribution in [0.4, 0.5) is 5.69 Å². The number of nitrogens with one attached hydrogen (secondary N) is 1. The highest BCUT2D eigenvalue weighted by Gasteiger charge is 2.44. The predicted octanol–water partition coefficient (Wildman–Crippen LogP) is 2.46. The minimum absolute atomic E-state index is 0.356. The Bertz CT molecular complexity index is 425. The third-order valence-corrected chi connectivity index (χ3v) is 4.83. The fourth-order valence-electron chi connectivity index (χ4n) is 3.32. The van der Waals surface area contributed by atoms with E-state index in [1.165, 1.54) is 37.7 Å². The van der Waals surface area contributed by atoms with Gasteiger partial charge < -0.3 is 15.8 Å². The van der Waals surface area contributed by atoms with Gasteiger partial charge in [-0.15, -0.1) is 0 Å². The van der Waals surface area contributed by atoms with Crippen molar-refractivity contribution in [3.63, 3.8) is 0 Å². The molecule has 0 aromatic heterocycles. The lowest BCUT2D eigenvalue weighted by Crippen LogP contribution is -2.41. The topological polar surface area (TPSA) is 47.3 Å². The highest BCUT2D eigenvalue weighted by Crippen LogP contribution is 2.48. The lowest BCUT2D eigenvalue weighted by Gasteiger charge is -2.24. The van der Waals surface area contributed by atoms with E-state index in [0.29, 0.717) is 17.6 Å². The molecule has 104 valence electrons. The Morgan fingerprint density at radius 1 is 1.26 bits per heavy atom. The first-order chi connectivity index (χ1) is 9.23. The second-order valence-electron chi connectivity index (χ2n) is 6.09. The van der Waals surface area contributed by atoms with Gasteiger partial charge in [0.2, 0.25) is 0 Å². The van der Waals surface area contributed by atoms with Crippen LogP contribution in [0.25, 0.3) is 0 Å². The monoisotopic (exact) mass is 260 g/mol.